The molecule has 0 aliphatic rings. The van der Waals surface area contributed by atoms with E-state index in [0.717, 1.165) is 4.88 Å². The van der Waals surface area contributed by atoms with Gasteiger partial charge in [0, 0.05) is 16.3 Å². The van der Waals surface area contributed by atoms with Gasteiger partial charge in [-0.15, -0.1) is 11.3 Å². The summed E-state index contributed by atoms with van der Waals surface area (Å²) in [6.07, 6.45) is -2.31. The molecule has 0 aromatic carbocycles. The summed E-state index contributed by atoms with van der Waals surface area (Å²) in [5.41, 5.74) is 5.61. The number of halogens is 2. The quantitative estimate of drug-likeness (QED) is 0.846. The van der Waals surface area contributed by atoms with Crippen molar-refractivity contribution < 1.29 is 8.78 Å². The van der Waals surface area contributed by atoms with Crippen molar-refractivity contribution in [2.45, 2.75) is 19.4 Å². The Kier molecular flexibility index (Phi) is 4.63. The number of alkyl halides is 2. The Morgan fingerprint density at radius 3 is 2.53 bits per heavy atom. The van der Waals surface area contributed by atoms with Crippen LogP contribution < -0.4 is 5.73 Å². The van der Waals surface area contributed by atoms with Crippen LogP contribution in [0, 0.1) is 6.92 Å². The molecule has 0 spiro atoms. The molecular weight excluding hydrogens is 218 g/mol. The molecule has 1 rings (SSSR count). The Balaban J connectivity index is 2.70. The second kappa shape index (κ2) is 5.53. The van der Waals surface area contributed by atoms with Crippen LogP contribution >= 0.6 is 11.3 Å². The number of likely N-dealkylation sites (N-methyl/N-ethyl adjacent to an activating group) is 1. The minimum Gasteiger partial charge on any atom is -0.329 e. The van der Waals surface area contributed by atoms with Crippen LogP contribution in [0.15, 0.2) is 12.1 Å². The number of nitrogens with two attached hydrogens (primary N) is 1. The molecule has 0 saturated heterocycles. The average Bonchev–Trinajstić information content (AvgIpc) is 2.51. The maximum atomic E-state index is 12.2. The van der Waals surface area contributed by atoms with Crippen LogP contribution in [0.3, 0.4) is 0 Å². The number of rotatable bonds is 5. The van der Waals surface area contributed by atoms with Crippen molar-refractivity contribution in [2.75, 3.05) is 20.1 Å². The van der Waals surface area contributed by atoms with Crippen molar-refractivity contribution in [1.82, 2.24) is 4.90 Å². The molecule has 0 saturated carbocycles. The zero-order chi connectivity index (χ0) is 11.4. The number of hydrogen-bond acceptors (Lipinski definition) is 3. The Morgan fingerprint density at radius 1 is 1.47 bits per heavy atom. The van der Waals surface area contributed by atoms with Gasteiger partial charge in [0.25, 0.3) is 6.43 Å². The third-order valence-electron chi connectivity index (χ3n) is 2.27. The molecule has 5 heteroatoms. The van der Waals surface area contributed by atoms with E-state index < -0.39 is 6.43 Å². The molecule has 2 nitrogen and oxygen atoms in total. The molecule has 15 heavy (non-hydrogen) atoms. The summed E-state index contributed by atoms with van der Waals surface area (Å²) in [5, 5.41) is 0. The lowest BCUT2D eigenvalue weighted by Gasteiger charge is -2.25. The second-order valence-electron chi connectivity index (χ2n) is 3.53. The predicted octanol–water partition coefficient (Wildman–Crippen LogP) is 2.25. The minimum absolute atomic E-state index is 0.0994. The first kappa shape index (κ1) is 12.5. The lowest BCUT2D eigenvalue weighted by atomic mass is 10.2. The van der Waals surface area contributed by atoms with Crippen molar-refractivity contribution in [2.24, 2.45) is 5.73 Å². The van der Waals surface area contributed by atoms with Crippen molar-refractivity contribution in [3.63, 3.8) is 0 Å². The SMILES string of the molecule is Cc1ccc(C(CN)N(C)CC(F)F)s1. The van der Waals surface area contributed by atoms with Gasteiger partial charge < -0.3 is 5.73 Å². The fourth-order valence-corrected chi connectivity index (χ4v) is 2.55. The monoisotopic (exact) mass is 234 g/mol. The van der Waals surface area contributed by atoms with Crippen LogP contribution in [0.2, 0.25) is 0 Å². The molecular formula is C10H16F2N2S. The summed E-state index contributed by atoms with van der Waals surface area (Å²) in [7, 11) is 1.68. The van der Waals surface area contributed by atoms with Gasteiger partial charge in [0.2, 0.25) is 0 Å². The summed E-state index contributed by atoms with van der Waals surface area (Å²) in [5.74, 6) is 0. The molecule has 1 heterocycles. The molecule has 1 aromatic heterocycles. The largest absolute Gasteiger partial charge is 0.329 e. The number of aryl methyl sites for hydroxylation is 1. The Morgan fingerprint density at radius 2 is 2.13 bits per heavy atom. The molecule has 0 amide bonds. The fourth-order valence-electron chi connectivity index (χ4n) is 1.49. The van der Waals surface area contributed by atoms with Gasteiger partial charge in [-0.05, 0) is 26.1 Å². The van der Waals surface area contributed by atoms with Gasteiger partial charge in [0.15, 0.2) is 0 Å². The zero-order valence-electron chi connectivity index (χ0n) is 8.91. The highest BCUT2D eigenvalue weighted by atomic mass is 32.1. The van der Waals surface area contributed by atoms with E-state index in [1.807, 2.05) is 19.1 Å². The van der Waals surface area contributed by atoms with Crippen LogP contribution in [0.25, 0.3) is 0 Å². The molecule has 0 radical (unpaired) electrons. The molecule has 2 N–H and O–H groups in total. The lowest BCUT2D eigenvalue weighted by Crippen LogP contribution is -2.33. The third kappa shape index (κ3) is 3.52. The van der Waals surface area contributed by atoms with E-state index >= 15 is 0 Å². The standard InChI is InChI=1S/C10H16F2N2S/c1-7-3-4-9(15-7)8(5-13)14(2)6-10(11)12/h3-4,8,10H,5-6,13H2,1-2H3. The van der Waals surface area contributed by atoms with Gasteiger partial charge in [0.1, 0.15) is 0 Å². The summed E-state index contributed by atoms with van der Waals surface area (Å²) in [4.78, 5) is 3.84. The number of hydrogen-bond donors (Lipinski definition) is 1. The van der Waals surface area contributed by atoms with Crippen molar-refractivity contribution >= 4 is 11.3 Å². The first-order chi connectivity index (χ1) is 7.04. The Labute approximate surface area is 92.7 Å². The van der Waals surface area contributed by atoms with Gasteiger partial charge in [0.05, 0.1) is 12.6 Å². The van der Waals surface area contributed by atoms with E-state index in [4.69, 9.17) is 5.73 Å². The maximum absolute atomic E-state index is 12.2. The smallest absolute Gasteiger partial charge is 0.251 e. The molecule has 1 atom stereocenters. The van der Waals surface area contributed by atoms with Gasteiger partial charge in [-0.2, -0.15) is 0 Å². The van der Waals surface area contributed by atoms with E-state index in [1.165, 1.54) is 4.88 Å². The number of thiophene rings is 1. The zero-order valence-corrected chi connectivity index (χ0v) is 9.73. The van der Waals surface area contributed by atoms with E-state index in [1.54, 1.807) is 23.3 Å². The molecule has 86 valence electrons. The maximum Gasteiger partial charge on any atom is 0.251 e. The van der Waals surface area contributed by atoms with Crippen LogP contribution in [-0.2, 0) is 0 Å². The summed E-state index contributed by atoms with van der Waals surface area (Å²) >= 11 is 1.61. The molecule has 1 aromatic rings. The predicted molar refractivity (Wildman–Crippen MR) is 59.5 cm³/mol. The van der Waals surface area contributed by atoms with Gasteiger partial charge in [-0.3, -0.25) is 4.90 Å². The number of nitrogens with zero attached hydrogens (tertiary/aromatic N) is 1. The Hall–Kier alpha value is -0.520. The van der Waals surface area contributed by atoms with E-state index in [-0.39, 0.29) is 12.6 Å². The fraction of sp³-hybridized carbons (Fsp3) is 0.600. The van der Waals surface area contributed by atoms with Gasteiger partial charge >= 0.3 is 0 Å². The first-order valence-corrected chi connectivity index (χ1v) is 5.61. The average molecular weight is 234 g/mol. The first-order valence-electron chi connectivity index (χ1n) is 4.79. The topological polar surface area (TPSA) is 29.3 Å². The van der Waals surface area contributed by atoms with Gasteiger partial charge in [-0.25, -0.2) is 8.78 Å². The van der Waals surface area contributed by atoms with Crippen LogP contribution in [-0.4, -0.2) is 31.5 Å². The van der Waals surface area contributed by atoms with E-state index in [2.05, 4.69) is 0 Å². The van der Waals surface area contributed by atoms with Crippen molar-refractivity contribution in [1.29, 1.82) is 0 Å². The second-order valence-corrected chi connectivity index (χ2v) is 4.85. The van der Waals surface area contributed by atoms with Crippen LogP contribution in [0.4, 0.5) is 8.78 Å². The summed E-state index contributed by atoms with van der Waals surface area (Å²) < 4.78 is 24.4. The highest BCUT2D eigenvalue weighted by Gasteiger charge is 2.19. The van der Waals surface area contributed by atoms with E-state index in [9.17, 15) is 8.78 Å². The highest BCUT2D eigenvalue weighted by Crippen LogP contribution is 2.26. The van der Waals surface area contributed by atoms with Crippen molar-refractivity contribution in [3.05, 3.63) is 21.9 Å². The summed E-state index contributed by atoms with van der Waals surface area (Å²) in [6.45, 7) is 2.12. The minimum atomic E-state index is -2.31. The molecule has 0 bridgehead atoms. The lowest BCUT2D eigenvalue weighted by molar-refractivity contribution is 0.0829. The van der Waals surface area contributed by atoms with Gasteiger partial charge in [-0.1, -0.05) is 0 Å². The molecule has 0 aliphatic carbocycles. The van der Waals surface area contributed by atoms with Crippen LogP contribution in [0.5, 0.6) is 0 Å². The van der Waals surface area contributed by atoms with E-state index in [0.29, 0.717) is 6.54 Å². The summed E-state index contributed by atoms with van der Waals surface area (Å²) in [6, 6.07) is 3.84. The Bertz CT molecular complexity index is 301. The molecule has 0 fully saturated rings. The van der Waals surface area contributed by atoms with Crippen molar-refractivity contribution in [3.8, 4) is 0 Å². The molecule has 0 aliphatic heterocycles. The third-order valence-corrected chi connectivity index (χ3v) is 3.37. The highest BCUT2D eigenvalue weighted by molar-refractivity contribution is 7.12. The molecule has 1 unspecified atom stereocenters. The van der Waals surface area contributed by atoms with Crippen LogP contribution in [0.1, 0.15) is 15.8 Å². The normalized spacial score (nSPS) is 13.8.